The Bertz CT molecular complexity index is 620. The highest BCUT2D eigenvalue weighted by molar-refractivity contribution is 5.75. The molecule has 0 aliphatic heterocycles. The maximum atomic E-state index is 11.7. The van der Waals surface area contributed by atoms with Crippen LogP contribution < -0.4 is 5.32 Å². The standard InChI is InChI=1S/C19H27NO4/c1-13(21)9-10-17(14(2)22)16-8-6-7-15(11-16)12-20-18(23)24-19(3,4)5/h6-11,13,21-22H,12H2,1-5H3,(H,20,23)/b10-9-,17-14-/t13-/m1/s1. The van der Waals surface area contributed by atoms with Gasteiger partial charge in [0.25, 0.3) is 0 Å². The molecule has 1 aromatic rings. The Kier molecular flexibility index (Phi) is 7.04. The van der Waals surface area contributed by atoms with Gasteiger partial charge in [0.05, 0.1) is 11.9 Å². The molecule has 24 heavy (non-hydrogen) atoms. The van der Waals surface area contributed by atoms with Gasteiger partial charge >= 0.3 is 6.09 Å². The van der Waals surface area contributed by atoms with Gasteiger partial charge in [-0.2, -0.15) is 0 Å². The molecule has 1 amide bonds. The number of rotatable bonds is 5. The lowest BCUT2D eigenvalue weighted by molar-refractivity contribution is 0.0523. The molecule has 0 spiro atoms. The first-order valence-electron chi connectivity index (χ1n) is 7.91. The summed E-state index contributed by atoms with van der Waals surface area (Å²) in [5.74, 6) is 0.157. The van der Waals surface area contributed by atoms with Crippen LogP contribution in [0.2, 0.25) is 0 Å². The van der Waals surface area contributed by atoms with Crippen molar-refractivity contribution >= 4 is 11.7 Å². The number of hydrogen-bond acceptors (Lipinski definition) is 4. The summed E-state index contributed by atoms with van der Waals surface area (Å²) in [6, 6.07) is 7.46. The minimum absolute atomic E-state index is 0.157. The molecule has 5 nitrogen and oxygen atoms in total. The highest BCUT2D eigenvalue weighted by atomic mass is 16.6. The first-order valence-corrected chi connectivity index (χ1v) is 7.91. The van der Waals surface area contributed by atoms with Crippen molar-refractivity contribution < 1.29 is 19.7 Å². The Labute approximate surface area is 143 Å². The molecule has 0 heterocycles. The van der Waals surface area contributed by atoms with E-state index in [1.807, 2.05) is 45.0 Å². The van der Waals surface area contributed by atoms with Gasteiger partial charge in [0.15, 0.2) is 0 Å². The zero-order chi connectivity index (χ0) is 18.3. The normalized spacial score (nSPS) is 14.2. The number of carbonyl (C=O) groups excluding carboxylic acids is 1. The van der Waals surface area contributed by atoms with E-state index in [0.717, 1.165) is 11.1 Å². The molecule has 0 unspecified atom stereocenters. The lowest BCUT2D eigenvalue weighted by Crippen LogP contribution is -2.32. The first-order chi connectivity index (χ1) is 11.1. The SMILES string of the molecule is C/C(O)=C(\C=C/[C@@H](C)O)c1cccc(CNC(=O)OC(C)(C)C)c1. The smallest absolute Gasteiger partial charge is 0.407 e. The fraction of sp³-hybridized carbons (Fsp3) is 0.421. The topological polar surface area (TPSA) is 78.8 Å². The fourth-order valence-electron chi connectivity index (χ4n) is 2.00. The van der Waals surface area contributed by atoms with Crippen LogP contribution in [-0.4, -0.2) is 28.0 Å². The van der Waals surface area contributed by atoms with Gasteiger partial charge in [0.1, 0.15) is 5.60 Å². The number of aliphatic hydroxyl groups is 2. The molecule has 132 valence electrons. The fourth-order valence-corrected chi connectivity index (χ4v) is 2.00. The summed E-state index contributed by atoms with van der Waals surface area (Å²) in [5.41, 5.74) is 1.76. The summed E-state index contributed by atoms with van der Waals surface area (Å²) in [6.45, 7) is 8.98. The number of ether oxygens (including phenoxy) is 1. The van der Waals surface area contributed by atoms with Crippen LogP contribution in [0.5, 0.6) is 0 Å². The third-order valence-electron chi connectivity index (χ3n) is 3.00. The van der Waals surface area contributed by atoms with Crippen molar-refractivity contribution in [2.24, 2.45) is 0 Å². The molecule has 0 aliphatic rings. The zero-order valence-corrected chi connectivity index (χ0v) is 15.0. The van der Waals surface area contributed by atoms with Gasteiger partial charge in [-0.3, -0.25) is 0 Å². The maximum absolute atomic E-state index is 11.7. The quantitative estimate of drug-likeness (QED) is 0.563. The number of aliphatic hydroxyl groups excluding tert-OH is 2. The second-order valence-electron chi connectivity index (χ2n) is 6.65. The highest BCUT2D eigenvalue weighted by Gasteiger charge is 2.15. The molecule has 5 heteroatoms. The average Bonchev–Trinajstić information content (AvgIpc) is 2.43. The van der Waals surface area contributed by atoms with Crippen LogP contribution in [0.3, 0.4) is 0 Å². The summed E-state index contributed by atoms with van der Waals surface area (Å²) >= 11 is 0. The van der Waals surface area contributed by atoms with Crippen molar-refractivity contribution in [2.45, 2.75) is 52.9 Å². The van der Waals surface area contributed by atoms with Crippen LogP contribution in [0, 0.1) is 0 Å². The number of hydrogen-bond donors (Lipinski definition) is 3. The summed E-state index contributed by atoms with van der Waals surface area (Å²) in [7, 11) is 0. The molecule has 0 aromatic heterocycles. The first kappa shape index (κ1) is 19.8. The Morgan fingerprint density at radius 1 is 1.38 bits per heavy atom. The summed E-state index contributed by atoms with van der Waals surface area (Å²) in [6.07, 6.45) is 2.20. The van der Waals surface area contributed by atoms with E-state index in [-0.39, 0.29) is 5.76 Å². The monoisotopic (exact) mass is 333 g/mol. The van der Waals surface area contributed by atoms with Gasteiger partial charge in [-0.1, -0.05) is 30.4 Å². The molecule has 0 saturated heterocycles. The van der Waals surface area contributed by atoms with Crippen LogP contribution >= 0.6 is 0 Å². The predicted octanol–water partition coefficient (Wildman–Crippen LogP) is 3.94. The van der Waals surface area contributed by atoms with E-state index >= 15 is 0 Å². The van der Waals surface area contributed by atoms with E-state index in [4.69, 9.17) is 4.74 Å². The number of nitrogens with one attached hydrogen (secondary N) is 1. The Balaban J connectivity index is 2.86. The van der Waals surface area contributed by atoms with Crippen molar-refractivity contribution in [3.63, 3.8) is 0 Å². The maximum Gasteiger partial charge on any atom is 0.407 e. The predicted molar refractivity (Wildman–Crippen MR) is 95.6 cm³/mol. The van der Waals surface area contributed by atoms with E-state index in [1.54, 1.807) is 26.0 Å². The second kappa shape index (κ2) is 8.55. The van der Waals surface area contributed by atoms with Gasteiger partial charge in [-0.15, -0.1) is 0 Å². The minimum Gasteiger partial charge on any atom is -0.512 e. The molecule has 1 rings (SSSR count). The van der Waals surface area contributed by atoms with Crippen LogP contribution in [0.15, 0.2) is 42.2 Å². The number of allylic oxidation sites excluding steroid dienone is 3. The van der Waals surface area contributed by atoms with Gasteiger partial charge < -0.3 is 20.3 Å². The zero-order valence-electron chi connectivity index (χ0n) is 15.0. The molecule has 0 radical (unpaired) electrons. The molecule has 0 saturated carbocycles. The second-order valence-corrected chi connectivity index (χ2v) is 6.65. The molecule has 0 bridgehead atoms. The largest absolute Gasteiger partial charge is 0.512 e. The van der Waals surface area contributed by atoms with E-state index in [0.29, 0.717) is 12.1 Å². The molecule has 0 aliphatic carbocycles. The van der Waals surface area contributed by atoms with Crippen molar-refractivity contribution in [3.8, 4) is 0 Å². The van der Waals surface area contributed by atoms with Crippen LogP contribution in [0.1, 0.15) is 45.7 Å². The van der Waals surface area contributed by atoms with Crippen LogP contribution in [0.4, 0.5) is 4.79 Å². The van der Waals surface area contributed by atoms with E-state index in [2.05, 4.69) is 5.32 Å². The van der Waals surface area contributed by atoms with Gasteiger partial charge in [0, 0.05) is 12.1 Å². The van der Waals surface area contributed by atoms with Crippen LogP contribution in [0.25, 0.3) is 5.57 Å². The Hall–Kier alpha value is -2.27. The van der Waals surface area contributed by atoms with Gasteiger partial charge in [-0.05, 0) is 51.8 Å². The Morgan fingerprint density at radius 3 is 2.58 bits per heavy atom. The molecular weight excluding hydrogens is 306 g/mol. The number of carbonyl (C=O) groups is 1. The Morgan fingerprint density at radius 2 is 2.04 bits per heavy atom. The third-order valence-corrected chi connectivity index (χ3v) is 3.00. The summed E-state index contributed by atoms with van der Waals surface area (Å²) in [4.78, 5) is 11.7. The van der Waals surface area contributed by atoms with Crippen molar-refractivity contribution in [3.05, 3.63) is 53.3 Å². The molecule has 3 N–H and O–H groups in total. The molecule has 1 aromatic carbocycles. The van der Waals surface area contributed by atoms with E-state index < -0.39 is 17.8 Å². The van der Waals surface area contributed by atoms with E-state index in [9.17, 15) is 15.0 Å². The highest BCUT2D eigenvalue weighted by Crippen LogP contribution is 2.21. The number of alkyl carbamates (subject to hydrolysis) is 1. The average molecular weight is 333 g/mol. The van der Waals surface area contributed by atoms with Crippen molar-refractivity contribution in [1.29, 1.82) is 0 Å². The number of benzene rings is 1. The van der Waals surface area contributed by atoms with Crippen LogP contribution in [-0.2, 0) is 11.3 Å². The summed E-state index contributed by atoms with van der Waals surface area (Å²) < 4.78 is 5.20. The molecule has 0 fully saturated rings. The van der Waals surface area contributed by atoms with Crippen molar-refractivity contribution in [1.82, 2.24) is 5.32 Å². The number of amides is 1. The third kappa shape index (κ3) is 7.33. The lowest BCUT2D eigenvalue weighted by atomic mass is 10.0. The minimum atomic E-state index is -0.601. The molecule has 1 atom stereocenters. The van der Waals surface area contributed by atoms with Gasteiger partial charge in [0.2, 0.25) is 0 Å². The van der Waals surface area contributed by atoms with Crippen molar-refractivity contribution in [2.75, 3.05) is 0 Å². The molecular formula is C19H27NO4. The van der Waals surface area contributed by atoms with Gasteiger partial charge in [-0.25, -0.2) is 4.79 Å². The van der Waals surface area contributed by atoms with E-state index in [1.165, 1.54) is 0 Å². The lowest BCUT2D eigenvalue weighted by Gasteiger charge is -2.19. The summed E-state index contributed by atoms with van der Waals surface area (Å²) in [5, 5.41) is 21.9.